The average Bonchev–Trinajstić information content (AvgIpc) is 3.38. The molecule has 2 aromatic heterocycles. The van der Waals surface area contributed by atoms with Crippen LogP contribution in [0.1, 0.15) is 28.5 Å². The van der Waals surface area contributed by atoms with Crippen molar-refractivity contribution in [3.05, 3.63) is 81.1 Å². The van der Waals surface area contributed by atoms with Crippen LogP contribution in [-0.2, 0) is 4.74 Å². The molecular weight excluding hydrogens is 426 g/mol. The Kier molecular flexibility index (Phi) is 6.09. The van der Waals surface area contributed by atoms with Gasteiger partial charge in [-0.05, 0) is 45.0 Å². The summed E-state index contributed by atoms with van der Waals surface area (Å²) in [5, 5.41) is 13.7. The number of benzene rings is 2. The lowest BCUT2D eigenvalue weighted by Crippen LogP contribution is -2.13. The summed E-state index contributed by atoms with van der Waals surface area (Å²) in [6.45, 7) is 5.85. The Morgan fingerprint density at radius 1 is 1.09 bits per heavy atom. The topological polar surface area (TPSA) is 102 Å². The van der Waals surface area contributed by atoms with E-state index in [-0.39, 0.29) is 11.2 Å². The zero-order valence-electron chi connectivity index (χ0n) is 17.8. The molecule has 0 unspecified atom stereocenters. The molecular formula is C23H21N5O3S. The van der Waals surface area contributed by atoms with Gasteiger partial charge in [-0.15, -0.1) is 16.5 Å². The summed E-state index contributed by atoms with van der Waals surface area (Å²) >= 11 is 1.37. The van der Waals surface area contributed by atoms with Crippen LogP contribution in [0, 0.1) is 13.8 Å². The SMILES string of the molecule is CCOC(=O)c1ccc(N=Nc2c(C)[nH]n(-c3nc(-c4ccc(C)cc4)cs3)c2=O)cc1. The molecule has 0 bridgehead atoms. The van der Waals surface area contributed by atoms with Crippen LogP contribution < -0.4 is 5.56 Å². The molecule has 0 aliphatic rings. The van der Waals surface area contributed by atoms with Crippen LogP contribution in [0.4, 0.5) is 11.4 Å². The normalized spacial score (nSPS) is 11.2. The number of thiazole rings is 1. The fourth-order valence-corrected chi connectivity index (χ4v) is 3.79. The van der Waals surface area contributed by atoms with Crippen LogP contribution in [0.25, 0.3) is 16.4 Å². The van der Waals surface area contributed by atoms with Crippen molar-refractivity contribution >= 4 is 28.7 Å². The average molecular weight is 448 g/mol. The smallest absolute Gasteiger partial charge is 0.338 e. The molecule has 162 valence electrons. The number of nitrogens with one attached hydrogen (secondary N) is 1. The first kappa shape index (κ1) is 21.4. The molecule has 0 aliphatic carbocycles. The van der Waals surface area contributed by atoms with Crippen molar-refractivity contribution in [1.82, 2.24) is 14.8 Å². The number of hydrogen-bond acceptors (Lipinski definition) is 7. The Bertz CT molecular complexity index is 1330. The van der Waals surface area contributed by atoms with E-state index in [4.69, 9.17) is 4.74 Å². The highest BCUT2D eigenvalue weighted by atomic mass is 32.1. The molecule has 4 rings (SSSR count). The maximum atomic E-state index is 12.9. The van der Waals surface area contributed by atoms with Crippen LogP contribution in [0.5, 0.6) is 0 Å². The van der Waals surface area contributed by atoms with Gasteiger partial charge in [0.1, 0.15) is 0 Å². The summed E-state index contributed by atoms with van der Waals surface area (Å²) < 4.78 is 6.33. The Hall–Kier alpha value is -3.85. The molecule has 2 aromatic carbocycles. The van der Waals surface area contributed by atoms with Gasteiger partial charge in [-0.25, -0.2) is 9.78 Å². The summed E-state index contributed by atoms with van der Waals surface area (Å²) in [6, 6.07) is 14.6. The minimum atomic E-state index is -0.395. The summed E-state index contributed by atoms with van der Waals surface area (Å²) in [6.07, 6.45) is 0. The van der Waals surface area contributed by atoms with E-state index < -0.39 is 5.97 Å². The maximum Gasteiger partial charge on any atom is 0.338 e. The summed E-state index contributed by atoms with van der Waals surface area (Å²) in [7, 11) is 0. The Morgan fingerprint density at radius 2 is 1.81 bits per heavy atom. The third-order valence-corrected chi connectivity index (χ3v) is 5.54. The van der Waals surface area contributed by atoms with Crippen LogP contribution >= 0.6 is 11.3 Å². The molecule has 0 radical (unpaired) electrons. The molecule has 32 heavy (non-hydrogen) atoms. The lowest BCUT2D eigenvalue weighted by Gasteiger charge is -2.00. The Balaban J connectivity index is 1.57. The van der Waals surface area contributed by atoms with E-state index in [1.807, 2.05) is 36.6 Å². The van der Waals surface area contributed by atoms with Crippen molar-refractivity contribution in [3.63, 3.8) is 0 Å². The van der Waals surface area contributed by atoms with Crippen molar-refractivity contribution in [1.29, 1.82) is 0 Å². The molecule has 1 N–H and O–H groups in total. The highest BCUT2D eigenvalue weighted by Crippen LogP contribution is 2.25. The lowest BCUT2D eigenvalue weighted by atomic mass is 10.1. The molecule has 8 nitrogen and oxygen atoms in total. The standard InChI is InChI=1S/C23H21N5O3S/c1-4-31-22(30)17-9-11-18(12-10-17)25-26-20-15(3)27-28(21(20)29)23-24-19(13-32-23)16-7-5-14(2)6-8-16/h5-13,27H,4H2,1-3H3. The number of ether oxygens (including phenoxy) is 1. The van der Waals surface area contributed by atoms with Crippen molar-refractivity contribution in [2.75, 3.05) is 6.61 Å². The molecule has 4 aromatic rings. The number of carbonyl (C=O) groups excluding carboxylic acids is 1. The molecule has 0 spiro atoms. The molecule has 0 atom stereocenters. The van der Waals surface area contributed by atoms with Crippen LogP contribution in [0.2, 0.25) is 0 Å². The fourth-order valence-electron chi connectivity index (χ4n) is 3.00. The first-order valence-electron chi connectivity index (χ1n) is 9.99. The number of rotatable bonds is 6. The summed E-state index contributed by atoms with van der Waals surface area (Å²) in [4.78, 5) is 29.2. The second-order valence-electron chi connectivity index (χ2n) is 7.07. The Labute approximate surface area is 188 Å². The minimum Gasteiger partial charge on any atom is -0.462 e. The third kappa shape index (κ3) is 4.42. The number of carbonyl (C=O) groups is 1. The second kappa shape index (κ2) is 9.11. The van der Waals surface area contributed by atoms with E-state index >= 15 is 0 Å². The van der Waals surface area contributed by atoms with Crippen molar-refractivity contribution in [3.8, 4) is 16.4 Å². The molecule has 0 saturated heterocycles. The molecule has 0 amide bonds. The first-order chi connectivity index (χ1) is 15.5. The van der Waals surface area contributed by atoms with E-state index in [9.17, 15) is 9.59 Å². The van der Waals surface area contributed by atoms with E-state index in [0.29, 0.717) is 28.7 Å². The number of aromatic amines is 1. The zero-order chi connectivity index (χ0) is 22.7. The zero-order valence-corrected chi connectivity index (χ0v) is 18.6. The van der Waals surface area contributed by atoms with Gasteiger partial charge in [-0.2, -0.15) is 9.80 Å². The number of H-pyrrole nitrogens is 1. The van der Waals surface area contributed by atoms with Crippen LogP contribution in [-0.4, -0.2) is 27.3 Å². The van der Waals surface area contributed by atoms with Gasteiger partial charge in [-0.1, -0.05) is 29.8 Å². The molecule has 0 saturated carbocycles. The van der Waals surface area contributed by atoms with Gasteiger partial charge in [0.15, 0.2) is 5.69 Å². The highest BCUT2D eigenvalue weighted by molar-refractivity contribution is 7.12. The Morgan fingerprint density at radius 3 is 2.50 bits per heavy atom. The fraction of sp³-hybridized carbons (Fsp3) is 0.174. The number of nitrogens with zero attached hydrogens (tertiary/aromatic N) is 4. The van der Waals surface area contributed by atoms with E-state index in [2.05, 4.69) is 20.3 Å². The summed E-state index contributed by atoms with van der Waals surface area (Å²) in [5.74, 6) is -0.395. The predicted molar refractivity (Wildman–Crippen MR) is 124 cm³/mol. The van der Waals surface area contributed by atoms with Gasteiger partial charge in [0, 0.05) is 10.9 Å². The highest BCUT2D eigenvalue weighted by Gasteiger charge is 2.15. The molecule has 2 heterocycles. The first-order valence-corrected chi connectivity index (χ1v) is 10.9. The van der Waals surface area contributed by atoms with Gasteiger partial charge < -0.3 is 4.74 Å². The lowest BCUT2D eigenvalue weighted by molar-refractivity contribution is 0.0526. The number of aromatic nitrogens is 3. The van der Waals surface area contributed by atoms with E-state index in [0.717, 1.165) is 11.3 Å². The van der Waals surface area contributed by atoms with Gasteiger partial charge >= 0.3 is 11.5 Å². The van der Waals surface area contributed by atoms with Gasteiger partial charge in [0.05, 0.1) is 29.2 Å². The number of esters is 1. The van der Waals surface area contributed by atoms with E-state index in [1.54, 1.807) is 38.1 Å². The van der Waals surface area contributed by atoms with Crippen LogP contribution in [0.15, 0.2) is 68.9 Å². The van der Waals surface area contributed by atoms with Crippen molar-refractivity contribution in [2.45, 2.75) is 20.8 Å². The van der Waals surface area contributed by atoms with Crippen LogP contribution in [0.3, 0.4) is 0 Å². The number of hydrogen-bond donors (Lipinski definition) is 1. The summed E-state index contributed by atoms with van der Waals surface area (Å²) in [5.41, 5.74) is 4.35. The van der Waals surface area contributed by atoms with Gasteiger partial charge in [0.25, 0.3) is 0 Å². The molecule has 9 heteroatoms. The maximum absolute atomic E-state index is 12.9. The van der Waals surface area contributed by atoms with E-state index in [1.165, 1.54) is 21.6 Å². The van der Waals surface area contributed by atoms with Gasteiger partial charge in [-0.3, -0.25) is 9.89 Å². The number of azo groups is 1. The van der Waals surface area contributed by atoms with Crippen molar-refractivity contribution in [2.24, 2.45) is 10.2 Å². The molecule has 0 fully saturated rings. The van der Waals surface area contributed by atoms with Crippen molar-refractivity contribution < 1.29 is 9.53 Å². The predicted octanol–water partition coefficient (Wildman–Crippen LogP) is 5.50. The monoisotopic (exact) mass is 447 g/mol. The number of aryl methyl sites for hydroxylation is 2. The molecule has 0 aliphatic heterocycles. The third-order valence-electron chi connectivity index (χ3n) is 4.71. The quantitative estimate of drug-likeness (QED) is 0.311. The minimum absolute atomic E-state index is 0.201. The largest absolute Gasteiger partial charge is 0.462 e. The second-order valence-corrected chi connectivity index (χ2v) is 7.91. The van der Waals surface area contributed by atoms with Gasteiger partial charge in [0.2, 0.25) is 5.13 Å².